The van der Waals surface area contributed by atoms with Gasteiger partial charge in [-0.1, -0.05) is 13.0 Å². The normalized spacial score (nSPS) is 19.8. The van der Waals surface area contributed by atoms with Crippen molar-refractivity contribution in [1.29, 1.82) is 0 Å². The number of rotatable bonds is 0. The predicted molar refractivity (Wildman–Crippen MR) is 65.1 cm³/mol. The molecule has 2 heterocycles. The molecule has 19 heavy (non-hydrogen) atoms. The Labute approximate surface area is 107 Å². The number of alkyl halides is 3. The molecular formula is C14H12F3NO. The molecule has 0 bridgehead atoms. The van der Waals surface area contributed by atoms with Crippen LogP contribution in [0, 0.1) is 5.92 Å². The summed E-state index contributed by atoms with van der Waals surface area (Å²) in [6, 6.07) is 5.30. The zero-order valence-corrected chi connectivity index (χ0v) is 10.3. The van der Waals surface area contributed by atoms with Crippen molar-refractivity contribution >= 4 is 16.7 Å². The maximum Gasteiger partial charge on any atom is 0.416 e. The van der Waals surface area contributed by atoms with Gasteiger partial charge in [0.15, 0.2) is 5.78 Å². The average molecular weight is 267 g/mol. The summed E-state index contributed by atoms with van der Waals surface area (Å²) in [4.78, 5) is 11.9. The predicted octanol–water partition coefficient (Wildman–Crippen LogP) is 3.88. The molecule has 0 aliphatic carbocycles. The van der Waals surface area contributed by atoms with Crippen LogP contribution in [-0.4, -0.2) is 10.4 Å². The molecule has 2 nitrogen and oxygen atoms in total. The first kappa shape index (κ1) is 12.3. The highest BCUT2D eigenvalue weighted by Crippen LogP contribution is 2.34. The standard InChI is InChI=1S/C14H12F3NO/c1-8-4-13(19)12-5-9-2-3-10(14(15,16)17)6-11(9)18(12)7-8/h2-3,5-6,8H,4,7H2,1H3. The van der Waals surface area contributed by atoms with Crippen LogP contribution < -0.4 is 0 Å². The Hall–Kier alpha value is -1.78. The van der Waals surface area contributed by atoms with Gasteiger partial charge in [-0.05, 0) is 24.1 Å². The van der Waals surface area contributed by atoms with Crippen molar-refractivity contribution in [2.45, 2.75) is 26.1 Å². The number of nitrogens with zero attached hydrogens (tertiary/aromatic N) is 1. The van der Waals surface area contributed by atoms with Crippen molar-refractivity contribution in [2.75, 3.05) is 0 Å². The van der Waals surface area contributed by atoms with Gasteiger partial charge in [-0.25, -0.2) is 0 Å². The second-order valence-corrected chi connectivity index (χ2v) is 5.14. The van der Waals surface area contributed by atoms with E-state index < -0.39 is 11.7 Å². The van der Waals surface area contributed by atoms with Crippen molar-refractivity contribution in [2.24, 2.45) is 5.92 Å². The van der Waals surface area contributed by atoms with E-state index in [0.717, 1.165) is 12.1 Å². The number of hydrogen-bond donors (Lipinski definition) is 0. The Morgan fingerprint density at radius 3 is 2.68 bits per heavy atom. The fourth-order valence-electron chi connectivity index (χ4n) is 2.66. The largest absolute Gasteiger partial charge is 0.416 e. The monoisotopic (exact) mass is 267 g/mol. The molecule has 2 aromatic rings. The molecular weight excluding hydrogens is 255 g/mol. The lowest BCUT2D eigenvalue weighted by Gasteiger charge is -2.21. The highest BCUT2D eigenvalue weighted by molar-refractivity contribution is 6.01. The molecule has 1 aliphatic rings. The van der Waals surface area contributed by atoms with Gasteiger partial charge >= 0.3 is 6.18 Å². The first-order valence-corrected chi connectivity index (χ1v) is 6.10. The summed E-state index contributed by atoms with van der Waals surface area (Å²) in [7, 11) is 0. The van der Waals surface area contributed by atoms with Crippen molar-refractivity contribution in [3.63, 3.8) is 0 Å². The van der Waals surface area contributed by atoms with E-state index in [1.165, 1.54) is 6.07 Å². The number of Topliss-reactive ketones (excluding diaryl/α,β-unsaturated/α-hetero) is 1. The summed E-state index contributed by atoms with van der Waals surface area (Å²) >= 11 is 0. The molecule has 0 fully saturated rings. The molecule has 0 spiro atoms. The lowest BCUT2D eigenvalue weighted by molar-refractivity contribution is -0.137. The third-order valence-electron chi connectivity index (χ3n) is 3.55. The highest BCUT2D eigenvalue weighted by Gasteiger charge is 2.32. The molecule has 1 aliphatic heterocycles. The van der Waals surface area contributed by atoms with E-state index in [9.17, 15) is 18.0 Å². The van der Waals surface area contributed by atoms with Gasteiger partial charge in [-0.3, -0.25) is 4.79 Å². The van der Waals surface area contributed by atoms with Crippen molar-refractivity contribution in [1.82, 2.24) is 4.57 Å². The van der Waals surface area contributed by atoms with Gasteiger partial charge < -0.3 is 4.57 Å². The minimum Gasteiger partial charge on any atom is -0.338 e. The van der Waals surface area contributed by atoms with Crippen LogP contribution in [-0.2, 0) is 12.7 Å². The highest BCUT2D eigenvalue weighted by atomic mass is 19.4. The van der Waals surface area contributed by atoms with Crippen LogP contribution in [0.5, 0.6) is 0 Å². The molecule has 5 heteroatoms. The molecule has 1 aromatic carbocycles. The Balaban J connectivity index is 2.23. The number of ketones is 1. The smallest absolute Gasteiger partial charge is 0.338 e. The van der Waals surface area contributed by atoms with E-state index in [1.54, 1.807) is 10.6 Å². The summed E-state index contributed by atoms with van der Waals surface area (Å²) < 4.78 is 39.9. The van der Waals surface area contributed by atoms with Gasteiger partial charge in [-0.15, -0.1) is 0 Å². The number of carbonyl (C=O) groups excluding carboxylic acids is 1. The molecule has 0 N–H and O–H groups in total. The van der Waals surface area contributed by atoms with Gasteiger partial charge in [0, 0.05) is 23.9 Å². The molecule has 1 unspecified atom stereocenters. The molecule has 0 saturated heterocycles. The quantitative estimate of drug-likeness (QED) is 0.710. The minimum atomic E-state index is -4.36. The van der Waals surface area contributed by atoms with Crippen LogP contribution >= 0.6 is 0 Å². The van der Waals surface area contributed by atoms with Crippen molar-refractivity contribution < 1.29 is 18.0 Å². The van der Waals surface area contributed by atoms with Gasteiger partial charge in [-0.2, -0.15) is 13.2 Å². The van der Waals surface area contributed by atoms with Gasteiger partial charge in [0.2, 0.25) is 0 Å². The van der Waals surface area contributed by atoms with Gasteiger partial charge in [0.25, 0.3) is 0 Å². The number of fused-ring (bicyclic) bond motifs is 3. The fourth-order valence-corrected chi connectivity index (χ4v) is 2.66. The molecule has 1 aromatic heterocycles. The number of hydrogen-bond acceptors (Lipinski definition) is 1. The molecule has 1 atom stereocenters. The Kier molecular flexibility index (Phi) is 2.49. The van der Waals surface area contributed by atoms with E-state index in [0.29, 0.717) is 29.6 Å². The summed E-state index contributed by atoms with van der Waals surface area (Å²) in [5, 5.41) is 0.686. The van der Waals surface area contributed by atoms with E-state index in [1.807, 2.05) is 6.92 Å². The number of aromatic nitrogens is 1. The lowest BCUT2D eigenvalue weighted by Crippen LogP contribution is -2.22. The van der Waals surface area contributed by atoms with Crippen LogP contribution in [0.4, 0.5) is 13.2 Å². The average Bonchev–Trinajstić information content (AvgIpc) is 2.66. The fraction of sp³-hybridized carbons (Fsp3) is 0.357. The maximum atomic E-state index is 12.7. The number of carbonyl (C=O) groups is 1. The minimum absolute atomic E-state index is 0.00325. The number of halogens is 3. The van der Waals surface area contributed by atoms with Gasteiger partial charge in [0.05, 0.1) is 11.3 Å². The Morgan fingerprint density at radius 1 is 1.26 bits per heavy atom. The molecule has 0 radical (unpaired) electrons. The Bertz CT molecular complexity index is 669. The van der Waals surface area contributed by atoms with Crippen LogP contribution in [0.25, 0.3) is 10.9 Å². The molecule has 3 rings (SSSR count). The SMILES string of the molecule is CC1CC(=O)c2cc3ccc(C(F)(F)F)cc3n2C1. The van der Waals surface area contributed by atoms with Crippen LogP contribution in [0.15, 0.2) is 24.3 Å². The zero-order chi connectivity index (χ0) is 13.8. The van der Waals surface area contributed by atoms with Crippen LogP contribution in [0.2, 0.25) is 0 Å². The van der Waals surface area contributed by atoms with E-state index in [4.69, 9.17) is 0 Å². The molecule has 0 saturated carbocycles. The van der Waals surface area contributed by atoms with Crippen LogP contribution in [0.3, 0.4) is 0 Å². The van der Waals surface area contributed by atoms with Crippen molar-refractivity contribution in [3.05, 3.63) is 35.5 Å². The van der Waals surface area contributed by atoms with Crippen LogP contribution in [0.1, 0.15) is 29.4 Å². The zero-order valence-electron chi connectivity index (χ0n) is 10.3. The topological polar surface area (TPSA) is 22.0 Å². The summed E-state index contributed by atoms with van der Waals surface area (Å²) in [6.07, 6.45) is -3.90. The molecule has 0 amide bonds. The van der Waals surface area contributed by atoms with E-state index >= 15 is 0 Å². The summed E-state index contributed by atoms with van der Waals surface area (Å²) in [5.41, 5.74) is 0.337. The summed E-state index contributed by atoms with van der Waals surface area (Å²) in [6.45, 7) is 2.52. The second-order valence-electron chi connectivity index (χ2n) is 5.14. The maximum absolute atomic E-state index is 12.7. The summed E-state index contributed by atoms with van der Waals surface area (Å²) in [5.74, 6) is 0.161. The number of benzene rings is 1. The van der Waals surface area contributed by atoms with Crippen molar-refractivity contribution in [3.8, 4) is 0 Å². The van der Waals surface area contributed by atoms with Gasteiger partial charge in [0.1, 0.15) is 0 Å². The second kappa shape index (κ2) is 3.85. The lowest BCUT2D eigenvalue weighted by atomic mass is 9.99. The van der Waals surface area contributed by atoms with E-state index in [-0.39, 0.29) is 11.7 Å². The third-order valence-corrected chi connectivity index (χ3v) is 3.55. The molecule has 100 valence electrons. The van der Waals surface area contributed by atoms with E-state index in [2.05, 4.69) is 0 Å². The Morgan fingerprint density at radius 2 is 2.00 bits per heavy atom. The third kappa shape index (κ3) is 1.93. The first-order valence-electron chi connectivity index (χ1n) is 6.10. The first-order chi connectivity index (χ1) is 8.86.